The van der Waals surface area contributed by atoms with Gasteiger partial charge in [-0.1, -0.05) is 18.2 Å². The van der Waals surface area contributed by atoms with Gasteiger partial charge < -0.3 is 34.5 Å². The van der Waals surface area contributed by atoms with Crippen LogP contribution in [-0.4, -0.2) is 44.3 Å². The van der Waals surface area contributed by atoms with Crippen LogP contribution in [0.5, 0.6) is 23.0 Å². The third-order valence-corrected chi connectivity index (χ3v) is 5.82. The van der Waals surface area contributed by atoms with Crippen molar-refractivity contribution in [2.75, 3.05) is 32.0 Å². The molecule has 1 atom stereocenters. The summed E-state index contributed by atoms with van der Waals surface area (Å²) < 4.78 is 22.1. The Morgan fingerprint density at radius 1 is 0.972 bits per heavy atom. The average Bonchev–Trinajstić information content (AvgIpc) is 2.99. The first kappa shape index (κ1) is 24.7. The lowest BCUT2D eigenvalue weighted by atomic mass is 10.1. The van der Waals surface area contributed by atoms with Crippen LogP contribution in [-0.2, 0) is 17.9 Å². The molecule has 0 saturated carbocycles. The number of ether oxygens (including phenoxy) is 4. The van der Waals surface area contributed by atoms with E-state index in [-0.39, 0.29) is 5.91 Å². The summed E-state index contributed by atoms with van der Waals surface area (Å²) in [4.78, 5) is 27.4. The number of amides is 3. The van der Waals surface area contributed by atoms with Crippen LogP contribution in [0, 0.1) is 0 Å². The summed E-state index contributed by atoms with van der Waals surface area (Å²) in [7, 11) is 4.71. The highest BCUT2D eigenvalue weighted by atomic mass is 16.5. The largest absolute Gasteiger partial charge is 0.497 e. The summed E-state index contributed by atoms with van der Waals surface area (Å²) in [6.07, 6.45) is -0.668. The van der Waals surface area contributed by atoms with E-state index in [1.54, 1.807) is 69.6 Å². The second-order valence-electron chi connectivity index (χ2n) is 8.24. The fraction of sp³-hybridized carbons (Fsp3) is 0.259. The van der Waals surface area contributed by atoms with E-state index in [2.05, 4.69) is 10.6 Å². The monoisotopic (exact) mass is 491 g/mol. The second-order valence-corrected chi connectivity index (χ2v) is 8.24. The number of fused-ring (bicyclic) bond motifs is 1. The Morgan fingerprint density at radius 2 is 1.72 bits per heavy atom. The van der Waals surface area contributed by atoms with E-state index in [1.165, 1.54) is 0 Å². The SMILES string of the molecule is COc1cccc(NC(=O)Nc2ccc3c(c2)CN(Cc2cccc(OC)c2OC)C(=O)[C@@H](C)O3)c1. The van der Waals surface area contributed by atoms with Crippen molar-refractivity contribution in [1.82, 2.24) is 4.90 Å². The molecule has 3 amide bonds. The number of urea groups is 1. The molecule has 9 nitrogen and oxygen atoms in total. The quantitative estimate of drug-likeness (QED) is 0.499. The molecular weight excluding hydrogens is 462 g/mol. The fourth-order valence-electron chi connectivity index (χ4n) is 4.09. The molecule has 0 unspecified atom stereocenters. The number of nitrogens with zero attached hydrogens (tertiary/aromatic N) is 1. The first-order valence-corrected chi connectivity index (χ1v) is 11.4. The van der Waals surface area contributed by atoms with Crippen molar-refractivity contribution < 1.29 is 28.5 Å². The lowest BCUT2D eigenvalue weighted by molar-refractivity contribution is -0.138. The fourth-order valence-corrected chi connectivity index (χ4v) is 4.09. The Balaban J connectivity index is 1.53. The summed E-state index contributed by atoms with van der Waals surface area (Å²) >= 11 is 0. The van der Waals surface area contributed by atoms with Crippen molar-refractivity contribution in [3.8, 4) is 23.0 Å². The normalized spacial score (nSPS) is 14.7. The molecule has 0 bridgehead atoms. The van der Waals surface area contributed by atoms with Gasteiger partial charge in [-0.15, -0.1) is 0 Å². The Labute approximate surface area is 209 Å². The lowest BCUT2D eigenvalue weighted by Crippen LogP contribution is -2.37. The Bertz CT molecular complexity index is 1260. The molecule has 1 heterocycles. The van der Waals surface area contributed by atoms with Crippen LogP contribution >= 0.6 is 0 Å². The van der Waals surface area contributed by atoms with Crippen LogP contribution in [0.15, 0.2) is 60.7 Å². The first-order chi connectivity index (χ1) is 17.4. The smallest absolute Gasteiger partial charge is 0.323 e. The third-order valence-electron chi connectivity index (χ3n) is 5.82. The third kappa shape index (κ3) is 5.46. The molecule has 2 N–H and O–H groups in total. The minimum absolute atomic E-state index is 0.152. The van der Waals surface area contributed by atoms with E-state index in [0.29, 0.717) is 47.5 Å². The number of hydrogen-bond acceptors (Lipinski definition) is 6. The second kappa shape index (κ2) is 10.9. The van der Waals surface area contributed by atoms with Crippen LogP contribution in [0.3, 0.4) is 0 Å². The van der Waals surface area contributed by atoms with Crippen molar-refractivity contribution in [2.24, 2.45) is 0 Å². The summed E-state index contributed by atoms with van der Waals surface area (Å²) in [5.41, 5.74) is 2.75. The lowest BCUT2D eigenvalue weighted by Gasteiger charge is -2.24. The maximum absolute atomic E-state index is 13.1. The Morgan fingerprint density at radius 3 is 2.44 bits per heavy atom. The number of carbonyl (C=O) groups is 2. The molecule has 3 aromatic rings. The maximum Gasteiger partial charge on any atom is 0.323 e. The molecule has 0 radical (unpaired) electrons. The van der Waals surface area contributed by atoms with Crippen LogP contribution in [0.4, 0.5) is 16.2 Å². The molecule has 1 aliphatic rings. The predicted molar refractivity (Wildman–Crippen MR) is 136 cm³/mol. The number of anilines is 2. The van der Waals surface area contributed by atoms with Gasteiger partial charge in [0.25, 0.3) is 5.91 Å². The van der Waals surface area contributed by atoms with Gasteiger partial charge in [0.1, 0.15) is 11.5 Å². The van der Waals surface area contributed by atoms with E-state index in [0.717, 1.165) is 11.1 Å². The van der Waals surface area contributed by atoms with Crippen LogP contribution in [0.25, 0.3) is 0 Å². The molecule has 0 aromatic heterocycles. The maximum atomic E-state index is 13.1. The molecule has 1 aliphatic heterocycles. The summed E-state index contributed by atoms with van der Waals surface area (Å²) in [6.45, 7) is 2.33. The molecule has 0 saturated heterocycles. The summed E-state index contributed by atoms with van der Waals surface area (Å²) in [5.74, 6) is 2.25. The minimum atomic E-state index is -0.668. The molecule has 9 heteroatoms. The summed E-state index contributed by atoms with van der Waals surface area (Å²) in [5, 5.41) is 5.62. The number of rotatable bonds is 7. The number of benzene rings is 3. The zero-order valence-corrected chi connectivity index (χ0v) is 20.7. The predicted octanol–water partition coefficient (Wildman–Crippen LogP) is 4.67. The Hall–Kier alpha value is -4.40. The van der Waals surface area contributed by atoms with Gasteiger partial charge in [0.05, 0.1) is 21.3 Å². The average molecular weight is 492 g/mol. The highest BCUT2D eigenvalue weighted by Crippen LogP contribution is 2.34. The van der Waals surface area contributed by atoms with Crippen LogP contribution in [0.1, 0.15) is 18.1 Å². The number of hydrogen-bond donors (Lipinski definition) is 2. The number of nitrogens with one attached hydrogen (secondary N) is 2. The van der Waals surface area contributed by atoms with Crippen molar-refractivity contribution >= 4 is 23.3 Å². The highest BCUT2D eigenvalue weighted by Gasteiger charge is 2.29. The van der Waals surface area contributed by atoms with Crippen molar-refractivity contribution in [1.29, 1.82) is 0 Å². The van der Waals surface area contributed by atoms with Gasteiger partial charge in [0.15, 0.2) is 17.6 Å². The van der Waals surface area contributed by atoms with E-state index in [1.807, 2.05) is 24.3 Å². The highest BCUT2D eigenvalue weighted by molar-refractivity contribution is 6.00. The van der Waals surface area contributed by atoms with Gasteiger partial charge in [0.2, 0.25) is 0 Å². The topological polar surface area (TPSA) is 98.4 Å². The number of carbonyl (C=O) groups excluding carboxylic acids is 2. The molecule has 4 rings (SSSR count). The molecule has 36 heavy (non-hydrogen) atoms. The van der Waals surface area contributed by atoms with E-state index in [4.69, 9.17) is 18.9 Å². The number of methoxy groups -OCH3 is 3. The summed E-state index contributed by atoms with van der Waals surface area (Å²) in [6, 6.07) is 17.5. The van der Waals surface area contributed by atoms with Crippen LogP contribution < -0.4 is 29.6 Å². The van der Waals surface area contributed by atoms with E-state index < -0.39 is 12.1 Å². The van der Waals surface area contributed by atoms with Crippen molar-refractivity contribution in [3.05, 3.63) is 71.8 Å². The molecule has 0 spiro atoms. The molecule has 188 valence electrons. The van der Waals surface area contributed by atoms with Gasteiger partial charge in [-0.05, 0) is 43.3 Å². The minimum Gasteiger partial charge on any atom is -0.497 e. The van der Waals surface area contributed by atoms with Gasteiger partial charge in [-0.25, -0.2) is 4.79 Å². The van der Waals surface area contributed by atoms with Crippen molar-refractivity contribution in [2.45, 2.75) is 26.1 Å². The van der Waals surface area contributed by atoms with Crippen molar-refractivity contribution in [3.63, 3.8) is 0 Å². The van der Waals surface area contributed by atoms with Gasteiger partial charge in [-0.2, -0.15) is 0 Å². The molecule has 0 aliphatic carbocycles. The van der Waals surface area contributed by atoms with Gasteiger partial charge >= 0.3 is 6.03 Å². The molecule has 0 fully saturated rings. The van der Waals surface area contributed by atoms with Crippen LogP contribution in [0.2, 0.25) is 0 Å². The van der Waals surface area contributed by atoms with E-state index >= 15 is 0 Å². The van der Waals surface area contributed by atoms with Gasteiger partial charge in [-0.3, -0.25) is 4.79 Å². The zero-order chi connectivity index (χ0) is 25.7. The Kier molecular flexibility index (Phi) is 7.48. The standard InChI is InChI=1S/C27H29N3O6/c1-17-26(31)30(15-18-7-5-10-24(34-3)25(18)35-4)16-19-13-21(11-12-23(19)36-17)29-27(32)28-20-8-6-9-22(14-20)33-2/h5-14,17H,15-16H2,1-4H3,(H2,28,29,32)/t17-/m1/s1. The van der Waals surface area contributed by atoms with E-state index in [9.17, 15) is 9.59 Å². The molecule has 3 aromatic carbocycles. The first-order valence-electron chi connectivity index (χ1n) is 11.4. The molecular formula is C27H29N3O6. The van der Waals surface area contributed by atoms with Gasteiger partial charge in [0, 0.05) is 41.7 Å². The number of para-hydroxylation sites is 1. The zero-order valence-electron chi connectivity index (χ0n) is 20.7.